The van der Waals surface area contributed by atoms with Crippen LogP contribution in [0.5, 0.6) is 0 Å². The molecule has 1 N–H and O–H groups in total. The summed E-state index contributed by atoms with van der Waals surface area (Å²) in [6.07, 6.45) is 2.88. The molecule has 1 aromatic carbocycles. The molecular formula is C18H18FN3O2S. The van der Waals surface area contributed by atoms with Crippen LogP contribution in [0.25, 0.3) is 0 Å². The number of nitrogens with one attached hydrogen (secondary N) is 1. The highest BCUT2D eigenvalue weighted by molar-refractivity contribution is 7.15. The number of amides is 2. The van der Waals surface area contributed by atoms with Crippen molar-refractivity contribution in [2.75, 3.05) is 11.9 Å². The number of hydrogen-bond donors (Lipinski definition) is 1. The fourth-order valence-electron chi connectivity index (χ4n) is 2.90. The summed E-state index contributed by atoms with van der Waals surface area (Å²) in [6, 6.07) is 6.02. The Labute approximate surface area is 148 Å². The van der Waals surface area contributed by atoms with Crippen LogP contribution in [0.4, 0.5) is 9.52 Å². The maximum atomic E-state index is 13.0. The first-order chi connectivity index (χ1) is 12.1. The number of rotatable bonds is 4. The van der Waals surface area contributed by atoms with E-state index in [9.17, 15) is 14.0 Å². The molecule has 1 aliphatic carbocycles. The Hall–Kier alpha value is -2.28. The maximum absolute atomic E-state index is 13.0. The van der Waals surface area contributed by atoms with Crippen molar-refractivity contribution in [3.8, 4) is 0 Å². The summed E-state index contributed by atoms with van der Waals surface area (Å²) in [5.74, 6) is -0.0801. The van der Waals surface area contributed by atoms with E-state index in [1.165, 1.54) is 23.5 Å². The number of benzene rings is 1. The standard InChI is InChI=1S/C18H18FN3O2S/c19-13-5-1-11(2-6-13)9-16(23)22-8-7-14-15(10-22)25-18(20-14)21-17(24)12-3-4-12/h1-2,5-6,12H,3-4,7-10H2,(H,20,21,24). The Morgan fingerprint density at radius 2 is 2.04 bits per heavy atom. The number of halogens is 1. The third-order valence-electron chi connectivity index (χ3n) is 4.53. The highest BCUT2D eigenvalue weighted by Crippen LogP contribution is 2.33. The zero-order chi connectivity index (χ0) is 17.4. The monoisotopic (exact) mass is 359 g/mol. The van der Waals surface area contributed by atoms with E-state index < -0.39 is 0 Å². The van der Waals surface area contributed by atoms with Crippen LogP contribution in [0, 0.1) is 11.7 Å². The van der Waals surface area contributed by atoms with E-state index in [2.05, 4.69) is 10.3 Å². The van der Waals surface area contributed by atoms with Crippen LogP contribution in [-0.4, -0.2) is 28.2 Å². The molecule has 0 saturated heterocycles. The molecule has 1 aliphatic heterocycles. The van der Waals surface area contributed by atoms with Crippen LogP contribution >= 0.6 is 11.3 Å². The molecule has 25 heavy (non-hydrogen) atoms. The van der Waals surface area contributed by atoms with Crippen LogP contribution in [0.3, 0.4) is 0 Å². The molecule has 0 spiro atoms. The van der Waals surface area contributed by atoms with Gasteiger partial charge in [0.25, 0.3) is 0 Å². The first-order valence-electron chi connectivity index (χ1n) is 8.40. The van der Waals surface area contributed by atoms with Gasteiger partial charge in [0.2, 0.25) is 11.8 Å². The molecule has 2 amide bonds. The number of hydrogen-bond acceptors (Lipinski definition) is 4. The molecule has 0 radical (unpaired) electrons. The second kappa shape index (κ2) is 6.55. The first kappa shape index (κ1) is 16.2. The molecule has 5 nitrogen and oxygen atoms in total. The molecule has 4 rings (SSSR count). The third kappa shape index (κ3) is 3.71. The Morgan fingerprint density at radius 1 is 1.28 bits per heavy atom. The van der Waals surface area contributed by atoms with E-state index in [0.717, 1.165) is 29.0 Å². The summed E-state index contributed by atoms with van der Waals surface area (Å²) in [7, 11) is 0. The molecule has 1 fully saturated rings. The van der Waals surface area contributed by atoms with Crippen LogP contribution < -0.4 is 5.32 Å². The van der Waals surface area contributed by atoms with Crippen molar-refractivity contribution >= 4 is 28.3 Å². The minimum Gasteiger partial charge on any atom is -0.337 e. The molecule has 0 atom stereocenters. The molecule has 1 aromatic heterocycles. The van der Waals surface area contributed by atoms with Gasteiger partial charge in [-0.15, -0.1) is 0 Å². The normalized spacial score (nSPS) is 16.4. The van der Waals surface area contributed by atoms with Crippen molar-refractivity contribution < 1.29 is 14.0 Å². The zero-order valence-corrected chi connectivity index (χ0v) is 14.4. The Bertz CT molecular complexity index is 814. The van der Waals surface area contributed by atoms with Gasteiger partial charge in [0, 0.05) is 23.8 Å². The van der Waals surface area contributed by atoms with Gasteiger partial charge in [-0.3, -0.25) is 9.59 Å². The largest absolute Gasteiger partial charge is 0.337 e. The van der Waals surface area contributed by atoms with Gasteiger partial charge in [0.05, 0.1) is 18.7 Å². The number of aromatic nitrogens is 1. The lowest BCUT2D eigenvalue weighted by Crippen LogP contribution is -2.36. The van der Waals surface area contributed by atoms with Crippen molar-refractivity contribution in [1.82, 2.24) is 9.88 Å². The van der Waals surface area contributed by atoms with E-state index in [1.54, 1.807) is 17.0 Å². The summed E-state index contributed by atoms with van der Waals surface area (Å²) in [6.45, 7) is 1.14. The van der Waals surface area contributed by atoms with Crippen LogP contribution in [0.1, 0.15) is 29.0 Å². The van der Waals surface area contributed by atoms with Gasteiger partial charge in [-0.1, -0.05) is 23.5 Å². The lowest BCUT2D eigenvalue weighted by Gasteiger charge is -2.26. The van der Waals surface area contributed by atoms with Crippen molar-refractivity contribution in [3.63, 3.8) is 0 Å². The molecule has 2 aliphatic rings. The number of nitrogens with zero attached hydrogens (tertiary/aromatic N) is 2. The van der Waals surface area contributed by atoms with Crippen molar-refractivity contribution in [1.29, 1.82) is 0 Å². The number of fused-ring (bicyclic) bond motifs is 1. The highest BCUT2D eigenvalue weighted by Gasteiger charge is 2.31. The smallest absolute Gasteiger partial charge is 0.229 e. The van der Waals surface area contributed by atoms with Crippen molar-refractivity contribution in [2.45, 2.75) is 32.2 Å². The van der Waals surface area contributed by atoms with E-state index in [0.29, 0.717) is 24.6 Å². The van der Waals surface area contributed by atoms with Crippen molar-refractivity contribution in [3.05, 3.63) is 46.2 Å². The third-order valence-corrected chi connectivity index (χ3v) is 5.53. The average Bonchev–Trinajstić information content (AvgIpc) is 3.37. The van der Waals surface area contributed by atoms with Crippen LogP contribution in [0.15, 0.2) is 24.3 Å². The predicted octanol–water partition coefficient (Wildman–Crippen LogP) is 2.76. The van der Waals surface area contributed by atoms with Gasteiger partial charge in [-0.05, 0) is 30.5 Å². The summed E-state index contributed by atoms with van der Waals surface area (Å²) in [4.78, 5) is 31.7. The quantitative estimate of drug-likeness (QED) is 0.913. The second-order valence-electron chi connectivity index (χ2n) is 6.52. The van der Waals surface area contributed by atoms with Gasteiger partial charge < -0.3 is 10.2 Å². The van der Waals surface area contributed by atoms with Crippen LogP contribution in [0.2, 0.25) is 0 Å². The maximum Gasteiger partial charge on any atom is 0.229 e. The molecule has 2 heterocycles. The molecule has 130 valence electrons. The van der Waals surface area contributed by atoms with E-state index in [1.807, 2.05) is 0 Å². The van der Waals surface area contributed by atoms with Crippen LogP contribution in [-0.2, 0) is 29.0 Å². The zero-order valence-electron chi connectivity index (χ0n) is 13.6. The van der Waals surface area contributed by atoms with Gasteiger partial charge >= 0.3 is 0 Å². The van der Waals surface area contributed by atoms with Gasteiger partial charge in [-0.25, -0.2) is 9.37 Å². The van der Waals surface area contributed by atoms with Gasteiger partial charge in [0.1, 0.15) is 5.82 Å². The fraction of sp³-hybridized carbons (Fsp3) is 0.389. The Balaban J connectivity index is 1.39. The molecule has 1 saturated carbocycles. The van der Waals surface area contributed by atoms with E-state index in [-0.39, 0.29) is 30.0 Å². The lowest BCUT2D eigenvalue weighted by molar-refractivity contribution is -0.131. The first-order valence-corrected chi connectivity index (χ1v) is 9.22. The second-order valence-corrected chi connectivity index (χ2v) is 7.60. The molecule has 2 aromatic rings. The SMILES string of the molecule is O=C(Nc1nc2c(s1)CN(C(=O)Cc1ccc(F)cc1)CC2)C1CC1. The number of carbonyl (C=O) groups excluding carboxylic acids is 2. The Morgan fingerprint density at radius 3 is 2.76 bits per heavy atom. The Kier molecular flexibility index (Phi) is 4.25. The minimum atomic E-state index is -0.302. The summed E-state index contributed by atoms with van der Waals surface area (Å²) in [5.41, 5.74) is 1.78. The van der Waals surface area contributed by atoms with Crippen molar-refractivity contribution in [2.24, 2.45) is 5.92 Å². The summed E-state index contributed by atoms with van der Waals surface area (Å²) >= 11 is 1.45. The number of anilines is 1. The van der Waals surface area contributed by atoms with Gasteiger partial charge in [-0.2, -0.15) is 0 Å². The number of thiazole rings is 1. The summed E-state index contributed by atoms with van der Waals surface area (Å²) in [5, 5.41) is 3.51. The average molecular weight is 359 g/mol. The molecular weight excluding hydrogens is 341 g/mol. The lowest BCUT2D eigenvalue weighted by atomic mass is 10.1. The molecule has 0 bridgehead atoms. The predicted molar refractivity (Wildman–Crippen MR) is 92.7 cm³/mol. The van der Waals surface area contributed by atoms with E-state index >= 15 is 0 Å². The molecule has 7 heteroatoms. The number of carbonyl (C=O) groups is 2. The highest BCUT2D eigenvalue weighted by atomic mass is 32.1. The van der Waals surface area contributed by atoms with E-state index in [4.69, 9.17) is 0 Å². The minimum absolute atomic E-state index is 0.0224. The van der Waals surface area contributed by atoms with Gasteiger partial charge in [0.15, 0.2) is 5.13 Å². The molecule has 0 unspecified atom stereocenters. The summed E-state index contributed by atoms with van der Waals surface area (Å²) < 4.78 is 13.0. The fourth-order valence-corrected chi connectivity index (χ4v) is 3.93. The topological polar surface area (TPSA) is 62.3 Å².